The molecule has 158 valence electrons. The van der Waals surface area contributed by atoms with E-state index in [-0.39, 0.29) is 24.6 Å². The first-order valence-corrected chi connectivity index (χ1v) is 9.22. The maximum atomic E-state index is 14.4. The average molecular weight is 423 g/mol. The molecule has 1 N–H and O–H groups in total. The Morgan fingerprint density at radius 3 is 2.57 bits per heavy atom. The van der Waals surface area contributed by atoms with Crippen molar-refractivity contribution in [2.75, 3.05) is 13.1 Å². The minimum atomic E-state index is -4.69. The van der Waals surface area contributed by atoms with E-state index in [9.17, 15) is 27.2 Å². The molecule has 0 unspecified atom stereocenters. The third-order valence-electron chi connectivity index (χ3n) is 5.46. The van der Waals surface area contributed by atoms with Crippen molar-refractivity contribution in [2.24, 2.45) is 7.05 Å². The standard InChI is InChI=1S/C19H17F4N5O2/c1-27-13(19(21,22)23)3-2-11(17(27)29)18(30)28-6-4-10(5-7-28)14-12(20)8-24-16-15(14)25-9-26-16/h2-3,8-10H,4-7H2,1H3,(H,24,25,26). The molecule has 0 atom stereocenters. The van der Waals surface area contributed by atoms with E-state index in [0.29, 0.717) is 34.1 Å². The Hall–Kier alpha value is -3.24. The number of imidazole rings is 1. The molecule has 1 aliphatic rings. The van der Waals surface area contributed by atoms with Crippen LogP contribution in [0.25, 0.3) is 11.2 Å². The molecule has 0 spiro atoms. The fourth-order valence-corrected chi connectivity index (χ4v) is 3.91. The largest absolute Gasteiger partial charge is 0.431 e. The number of hydrogen-bond donors (Lipinski definition) is 1. The number of nitrogens with one attached hydrogen (secondary N) is 1. The summed E-state index contributed by atoms with van der Waals surface area (Å²) in [7, 11) is 0.982. The van der Waals surface area contributed by atoms with E-state index in [4.69, 9.17) is 0 Å². The first-order chi connectivity index (χ1) is 14.2. The quantitative estimate of drug-likeness (QED) is 0.643. The SMILES string of the molecule is Cn1c(C(F)(F)F)ccc(C(=O)N2CCC(c3c(F)cnc4nc[nH]c34)CC2)c1=O. The molecule has 1 amide bonds. The normalized spacial score (nSPS) is 15.7. The number of hydrogen-bond acceptors (Lipinski definition) is 4. The smallest absolute Gasteiger partial charge is 0.343 e. The fraction of sp³-hybridized carbons (Fsp3) is 0.368. The van der Waals surface area contributed by atoms with Crippen LogP contribution in [0, 0.1) is 5.82 Å². The molecule has 11 heteroatoms. The molecule has 0 saturated carbocycles. The third kappa shape index (κ3) is 3.33. The fourth-order valence-electron chi connectivity index (χ4n) is 3.91. The third-order valence-corrected chi connectivity index (χ3v) is 5.46. The maximum Gasteiger partial charge on any atom is 0.431 e. The molecule has 0 aromatic carbocycles. The highest BCUT2D eigenvalue weighted by Gasteiger charge is 2.35. The summed E-state index contributed by atoms with van der Waals surface area (Å²) in [4.78, 5) is 37.3. The van der Waals surface area contributed by atoms with Crippen molar-refractivity contribution < 1.29 is 22.4 Å². The van der Waals surface area contributed by atoms with Gasteiger partial charge in [0.25, 0.3) is 11.5 Å². The molecule has 0 aliphatic carbocycles. The van der Waals surface area contributed by atoms with Crippen LogP contribution >= 0.6 is 0 Å². The molecule has 1 fully saturated rings. The van der Waals surface area contributed by atoms with Crippen LogP contribution in [0.1, 0.15) is 40.4 Å². The van der Waals surface area contributed by atoms with Gasteiger partial charge in [-0.15, -0.1) is 0 Å². The highest BCUT2D eigenvalue weighted by Crippen LogP contribution is 2.33. The molecule has 1 saturated heterocycles. The summed E-state index contributed by atoms with van der Waals surface area (Å²) in [5, 5.41) is 0. The Morgan fingerprint density at radius 1 is 1.20 bits per heavy atom. The van der Waals surface area contributed by atoms with Gasteiger partial charge in [0.2, 0.25) is 0 Å². The van der Waals surface area contributed by atoms with E-state index < -0.39 is 29.2 Å². The number of H-pyrrole nitrogens is 1. The lowest BCUT2D eigenvalue weighted by Gasteiger charge is -2.32. The van der Waals surface area contributed by atoms with Crippen molar-refractivity contribution in [3.05, 3.63) is 57.6 Å². The average Bonchev–Trinajstić information content (AvgIpc) is 3.17. The number of rotatable bonds is 2. The molecule has 1 aliphatic heterocycles. The zero-order valence-electron chi connectivity index (χ0n) is 15.8. The van der Waals surface area contributed by atoms with Crippen LogP contribution in [0.15, 0.2) is 29.5 Å². The molecule has 7 nitrogen and oxygen atoms in total. The number of amides is 1. The highest BCUT2D eigenvalue weighted by molar-refractivity contribution is 5.94. The number of likely N-dealkylation sites (tertiary alicyclic amines) is 1. The molecule has 0 bridgehead atoms. The van der Waals surface area contributed by atoms with Gasteiger partial charge in [-0.2, -0.15) is 13.2 Å². The summed E-state index contributed by atoms with van der Waals surface area (Å²) in [5.74, 6) is -1.28. The van der Waals surface area contributed by atoms with Gasteiger partial charge >= 0.3 is 6.18 Å². The van der Waals surface area contributed by atoms with Crippen LogP contribution in [0.2, 0.25) is 0 Å². The van der Waals surface area contributed by atoms with Crippen molar-refractivity contribution in [1.29, 1.82) is 0 Å². The number of pyridine rings is 2. The van der Waals surface area contributed by atoms with Crippen LogP contribution in [0.4, 0.5) is 17.6 Å². The number of aromatic nitrogens is 4. The lowest BCUT2D eigenvalue weighted by Crippen LogP contribution is -2.41. The van der Waals surface area contributed by atoms with Gasteiger partial charge in [0.1, 0.15) is 17.1 Å². The predicted molar refractivity (Wildman–Crippen MR) is 98.4 cm³/mol. The van der Waals surface area contributed by atoms with Crippen molar-refractivity contribution in [3.63, 3.8) is 0 Å². The summed E-state index contributed by atoms with van der Waals surface area (Å²) in [6.07, 6.45) is -1.29. The zero-order chi connectivity index (χ0) is 21.6. The van der Waals surface area contributed by atoms with Crippen LogP contribution in [-0.4, -0.2) is 43.4 Å². The van der Waals surface area contributed by atoms with Gasteiger partial charge in [-0.05, 0) is 30.9 Å². The van der Waals surface area contributed by atoms with Crippen molar-refractivity contribution >= 4 is 17.1 Å². The van der Waals surface area contributed by atoms with Crippen LogP contribution in [0.3, 0.4) is 0 Å². The van der Waals surface area contributed by atoms with Crippen molar-refractivity contribution in [1.82, 2.24) is 24.4 Å². The number of carbonyl (C=O) groups is 1. The van der Waals surface area contributed by atoms with E-state index in [1.807, 2.05) is 0 Å². The number of nitrogens with zero attached hydrogens (tertiary/aromatic N) is 4. The molecular weight excluding hydrogens is 406 g/mol. The molecule has 4 rings (SSSR count). The van der Waals surface area contributed by atoms with Gasteiger partial charge in [0.05, 0.1) is 18.0 Å². The van der Waals surface area contributed by atoms with E-state index in [1.54, 1.807) is 0 Å². The Morgan fingerprint density at radius 2 is 1.90 bits per heavy atom. The monoisotopic (exact) mass is 423 g/mol. The van der Waals surface area contributed by atoms with Gasteiger partial charge < -0.3 is 14.5 Å². The molecule has 4 heterocycles. The number of carbonyl (C=O) groups excluding carboxylic acids is 1. The molecule has 3 aromatic rings. The lowest BCUT2D eigenvalue weighted by atomic mass is 9.88. The van der Waals surface area contributed by atoms with Gasteiger partial charge in [0.15, 0.2) is 5.65 Å². The maximum absolute atomic E-state index is 14.4. The number of fused-ring (bicyclic) bond motifs is 1. The molecule has 3 aromatic heterocycles. The van der Waals surface area contributed by atoms with E-state index in [2.05, 4.69) is 15.0 Å². The number of halogens is 4. The Labute approximate surface area is 167 Å². The molecule has 30 heavy (non-hydrogen) atoms. The predicted octanol–water partition coefficient (Wildman–Crippen LogP) is 2.83. The lowest BCUT2D eigenvalue weighted by molar-refractivity contribution is -0.143. The highest BCUT2D eigenvalue weighted by atomic mass is 19.4. The van der Waals surface area contributed by atoms with Crippen LogP contribution in [-0.2, 0) is 13.2 Å². The minimum absolute atomic E-state index is 0.185. The molecule has 0 radical (unpaired) electrons. The number of aromatic amines is 1. The van der Waals surface area contributed by atoms with E-state index >= 15 is 0 Å². The van der Waals surface area contributed by atoms with Gasteiger partial charge in [-0.3, -0.25) is 9.59 Å². The Bertz CT molecular complexity index is 1180. The van der Waals surface area contributed by atoms with Crippen LogP contribution < -0.4 is 5.56 Å². The molecular formula is C19H17F4N5O2. The van der Waals surface area contributed by atoms with E-state index in [0.717, 1.165) is 25.4 Å². The second-order valence-electron chi connectivity index (χ2n) is 7.18. The number of piperidine rings is 1. The minimum Gasteiger partial charge on any atom is -0.343 e. The zero-order valence-corrected chi connectivity index (χ0v) is 15.8. The second kappa shape index (κ2) is 7.22. The second-order valence-corrected chi connectivity index (χ2v) is 7.18. The topological polar surface area (TPSA) is 83.9 Å². The van der Waals surface area contributed by atoms with Crippen LogP contribution in [0.5, 0.6) is 0 Å². The summed E-state index contributed by atoms with van der Waals surface area (Å²) >= 11 is 0. The summed E-state index contributed by atoms with van der Waals surface area (Å²) in [6.45, 7) is 0.482. The Kier molecular flexibility index (Phi) is 4.83. The van der Waals surface area contributed by atoms with E-state index in [1.165, 1.54) is 11.2 Å². The van der Waals surface area contributed by atoms with Gasteiger partial charge in [-0.1, -0.05) is 0 Å². The summed E-state index contributed by atoms with van der Waals surface area (Å²) in [6, 6.07) is 1.64. The summed E-state index contributed by atoms with van der Waals surface area (Å²) in [5.41, 5.74) is -1.09. The van der Waals surface area contributed by atoms with Crippen molar-refractivity contribution in [2.45, 2.75) is 24.9 Å². The first kappa shape index (κ1) is 20.0. The number of alkyl halides is 3. The van der Waals surface area contributed by atoms with Gasteiger partial charge in [0, 0.05) is 25.7 Å². The first-order valence-electron chi connectivity index (χ1n) is 9.22. The Balaban J connectivity index is 1.54. The van der Waals surface area contributed by atoms with Gasteiger partial charge in [-0.25, -0.2) is 14.4 Å². The van der Waals surface area contributed by atoms with Crippen molar-refractivity contribution in [3.8, 4) is 0 Å². The summed E-state index contributed by atoms with van der Waals surface area (Å²) < 4.78 is 53.7.